The molecule has 0 spiro atoms. The predicted octanol–water partition coefficient (Wildman–Crippen LogP) is 3.97. The summed E-state index contributed by atoms with van der Waals surface area (Å²) in [6.07, 6.45) is 9.19. The van der Waals surface area contributed by atoms with Crippen molar-refractivity contribution in [2.75, 3.05) is 6.54 Å². The number of carbonyl (C=O) groups excluding carboxylic acids is 1. The number of carboxylic acid groups (broad SMARTS) is 1. The van der Waals surface area contributed by atoms with Crippen molar-refractivity contribution in [3.63, 3.8) is 0 Å². The number of nitrogens with zero attached hydrogens (tertiary/aromatic N) is 1. The number of amides is 1. The molecule has 2 aliphatic carbocycles. The Morgan fingerprint density at radius 3 is 2.72 bits per heavy atom. The van der Waals surface area contributed by atoms with Crippen LogP contribution in [0.1, 0.15) is 78.5 Å². The SMILES string of the molecule is CCc1oc(C(=O)N2CCCC2CC2CC3CCC2C3)cc1C(=O)O. The Labute approximate surface area is 148 Å². The Morgan fingerprint density at radius 2 is 2.12 bits per heavy atom. The average molecular weight is 345 g/mol. The molecule has 1 aliphatic heterocycles. The molecule has 1 aromatic heterocycles. The maximum Gasteiger partial charge on any atom is 0.339 e. The fourth-order valence-corrected chi connectivity index (χ4v) is 5.48. The standard InChI is InChI=1S/C20H27NO4/c1-2-17-16(20(23)24)11-18(25-17)19(22)21-7-3-4-15(21)10-14-9-12-5-6-13(14)8-12/h11-15H,2-10H2,1H3,(H,23,24). The molecule has 0 radical (unpaired) electrons. The molecule has 5 heteroatoms. The quantitative estimate of drug-likeness (QED) is 0.876. The van der Waals surface area contributed by atoms with Gasteiger partial charge in [0.05, 0.1) is 0 Å². The highest BCUT2D eigenvalue weighted by molar-refractivity contribution is 5.96. The Hall–Kier alpha value is -1.78. The van der Waals surface area contributed by atoms with E-state index in [0.29, 0.717) is 18.2 Å². The number of rotatable bonds is 5. The van der Waals surface area contributed by atoms with Gasteiger partial charge >= 0.3 is 5.97 Å². The van der Waals surface area contributed by atoms with Crippen LogP contribution < -0.4 is 0 Å². The van der Waals surface area contributed by atoms with Gasteiger partial charge in [0.2, 0.25) is 0 Å². The first-order valence-electron chi connectivity index (χ1n) is 9.73. The molecule has 2 heterocycles. The third kappa shape index (κ3) is 2.98. The van der Waals surface area contributed by atoms with E-state index in [-0.39, 0.29) is 17.2 Å². The molecule has 0 aromatic carbocycles. The van der Waals surface area contributed by atoms with Gasteiger partial charge in [-0.3, -0.25) is 4.79 Å². The molecule has 4 unspecified atom stereocenters. The molecule has 3 fully saturated rings. The summed E-state index contributed by atoms with van der Waals surface area (Å²) in [5, 5.41) is 9.27. The molecule has 1 aromatic rings. The third-order valence-corrected chi connectivity index (χ3v) is 6.67. The topological polar surface area (TPSA) is 70.8 Å². The molecule has 25 heavy (non-hydrogen) atoms. The summed E-state index contributed by atoms with van der Waals surface area (Å²) < 4.78 is 5.60. The number of likely N-dealkylation sites (tertiary alicyclic amines) is 1. The van der Waals surface area contributed by atoms with Gasteiger partial charge in [0.1, 0.15) is 11.3 Å². The Kier molecular flexibility index (Phi) is 4.34. The summed E-state index contributed by atoms with van der Waals surface area (Å²) in [7, 11) is 0. The number of carboxylic acids is 1. The minimum absolute atomic E-state index is 0.120. The highest BCUT2D eigenvalue weighted by Gasteiger charge is 2.42. The van der Waals surface area contributed by atoms with Crippen LogP contribution in [0.5, 0.6) is 0 Å². The smallest absolute Gasteiger partial charge is 0.339 e. The van der Waals surface area contributed by atoms with E-state index >= 15 is 0 Å². The zero-order valence-corrected chi connectivity index (χ0v) is 14.9. The monoisotopic (exact) mass is 345 g/mol. The highest BCUT2D eigenvalue weighted by atomic mass is 16.4. The van der Waals surface area contributed by atoms with Gasteiger partial charge in [-0.1, -0.05) is 13.3 Å². The lowest BCUT2D eigenvalue weighted by molar-refractivity contribution is 0.0669. The summed E-state index contributed by atoms with van der Waals surface area (Å²) >= 11 is 0. The van der Waals surface area contributed by atoms with E-state index in [0.717, 1.165) is 43.6 Å². The summed E-state index contributed by atoms with van der Waals surface area (Å²) in [4.78, 5) is 26.2. The van der Waals surface area contributed by atoms with Crippen molar-refractivity contribution in [1.29, 1.82) is 0 Å². The van der Waals surface area contributed by atoms with Crippen LogP contribution in [0.4, 0.5) is 0 Å². The minimum atomic E-state index is -1.03. The summed E-state index contributed by atoms with van der Waals surface area (Å²) in [6, 6.07) is 1.71. The van der Waals surface area contributed by atoms with E-state index in [1.807, 2.05) is 11.8 Å². The predicted molar refractivity (Wildman–Crippen MR) is 92.7 cm³/mol. The lowest BCUT2D eigenvalue weighted by Gasteiger charge is -2.30. The third-order valence-electron chi connectivity index (χ3n) is 6.67. The zero-order chi connectivity index (χ0) is 17.6. The van der Waals surface area contributed by atoms with Gasteiger partial charge in [-0.25, -0.2) is 4.79 Å². The van der Waals surface area contributed by atoms with Crippen molar-refractivity contribution in [3.05, 3.63) is 23.2 Å². The second-order valence-electron chi connectivity index (χ2n) is 8.07. The average Bonchev–Trinajstić information content (AvgIpc) is 3.37. The molecular formula is C20H27NO4. The summed E-state index contributed by atoms with van der Waals surface area (Å²) in [6.45, 7) is 2.60. The van der Waals surface area contributed by atoms with Crippen LogP contribution >= 0.6 is 0 Å². The van der Waals surface area contributed by atoms with Crippen LogP contribution in [-0.4, -0.2) is 34.5 Å². The van der Waals surface area contributed by atoms with Crippen LogP contribution in [0.2, 0.25) is 0 Å². The number of aryl methyl sites for hydroxylation is 1. The van der Waals surface area contributed by atoms with E-state index in [4.69, 9.17) is 4.42 Å². The lowest BCUT2D eigenvalue weighted by atomic mass is 9.83. The molecule has 2 saturated carbocycles. The molecule has 1 amide bonds. The number of furan rings is 1. The second kappa shape index (κ2) is 6.50. The van der Waals surface area contributed by atoms with Gasteiger partial charge in [-0.15, -0.1) is 0 Å². The second-order valence-corrected chi connectivity index (χ2v) is 8.07. The van der Waals surface area contributed by atoms with Gasteiger partial charge < -0.3 is 14.4 Å². The van der Waals surface area contributed by atoms with E-state index in [9.17, 15) is 14.7 Å². The first-order chi connectivity index (χ1) is 12.1. The number of hydrogen-bond acceptors (Lipinski definition) is 3. The largest absolute Gasteiger partial charge is 0.478 e. The molecule has 2 bridgehead atoms. The molecular weight excluding hydrogens is 318 g/mol. The van der Waals surface area contributed by atoms with Crippen molar-refractivity contribution in [2.45, 2.75) is 64.3 Å². The zero-order valence-electron chi connectivity index (χ0n) is 14.9. The number of carbonyl (C=O) groups is 2. The van der Waals surface area contributed by atoms with Crippen LogP contribution in [0.25, 0.3) is 0 Å². The van der Waals surface area contributed by atoms with Gasteiger partial charge in [0.15, 0.2) is 5.76 Å². The number of hydrogen-bond donors (Lipinski definition) is 1. The Morgan fingerprint density at radius 1 is 1.28 bits per heavy atom. The Bertz CT molecular complexity index is 679. The minimum Gasteiger partial charge on any atom is -0.478 e. The van der Waals surface area contributed by atoms with Crippen LogP contribution in [0.15, 0.2) is 10.5 Å². The van der Waals surface area contributed by atoms with Crippen molar-refractivity contribution >= 4 is 11.9 Å². The van der Waals surface area contributed by atoms with Gasteiger partial charge in [-0.05, 0) is 56.3 Å². The highest BCUT2D eigenvalue weighted by Crippen LogP contribution is 2.50. The first kappa shape index (κ1) is 16.7. The molecule has 5 nitrogen and oxygen atoms in total. The van der Waals surface area contributed by atoms with Crippen molar-refractivity contribution in [1.82, 2.24) is 4.90 Å². The maximum absolute atomic E-state index is 12.9. The van der Waals surface area contributed by atoms with E-state index in [2.05, 4.69) is 0 Å². The molecule has 136 valence electrons. The van der Waals surface area contributed by atoms with E-state index in [1.165, 1.54) is 31.7 Å². The fraction of sp³-hybridized carbons (Fsp3) is 0.700. The van der Waals surface area contributed by atoms with Gasteiger partial charge in [0.25, 0.3) is 5.91 Å². The van der Waals surface area contributed by atoms with Crippen molar-refractivity contribution < 1.29 is 19.1 Å². The van der Waals surface area contributed by atoms with Crippen LogP contribution in [-0.2, 0) is 6.42 Å². The van der Waals surface area contributed by atoms with Crippen LogP contribution in [0.3, 0.4) is 0 Å². The van der Waals surface area contributed by atoms with Crippen molar-refractivity contribution in [2.24, 2.45) is 17.8 Å². The molecule has 1 N–H and O–H groups in total. The lowest BCUT2D eigenvalue weighted by Crippen LogP contribution is -2.37. The van der Waals surface area contributed by atoms with Crippen LogP contribution in [0, 0.1) is 17.8 Å². The maximum atomic E-state index is 12.9. The van der Waals surface area contributed by atoms with Gasteiger partial charge in [-0.2, -0.15) is 0 Å². The molecule has 1 saturated heterocycles. The normalized spacial score (nSPS) is 31.0. The summed E-state index contributed by atoms with van der Waals surface area (Å²) in [5.41, 5.74) is 0.120. The fourth-order valence-electron chi connectivity index (χ4n) is 5.48. The summed E-state index contributed by atoms with van der Waals surface area (Å²) in [5.74, 6) is 1.99. The molecule has 4 rings (SSSR count). The molecule has 3 aliphatic rings. The van der Waals surface area contributed by atoms with Crippen molar-refractivity contribution in [3.8, 4) is 0 Å². The Balaban J connectivity index is 1.48. The van der Waals surface area contributed by atoms with Gasteiger partial charge in [0, 0.05) is 25.1 Å². The van der Waals surface area contributed by atoms with E-state index in [1.54, 1.807) is 0 Å². The number of fused-ring (bicyclic) bond motifs is 2. The van der Waals surface area contributed by atoms with E-state index < -0.39 is 5.97 Å². The number of aromatic carboxylic acids is 1. The molecule has 4 atom stereocenters. The first-order valence-corrected chi connectivity index (χ1v) is 9.73.